The Balaban J connectivity index is 4.30. The molecule has 2 atom stereocenters. The van der Waals surface area contributed by atoms with Crippen molar-refractivity contribution in [1.29, 1.82) is 0 Å². The van der Waals surface area contributed by atoms with Gasteiger partial charge in [0, 0.05) is 12.6 Å². The average Bonchev–Trinajstić information content (AvgIpc) is 2.23. The van der Waals surface area contributed by atoms with E-state index in [1.165, 1.54) is 0 Å². The van der Waals surface area contributed by atoms with Gasteiger partial charge in [-0.25, -0.2) is 0 Å². The Morgan fingerprint density at radius 1 is 1.41 bits per heavy atom. The van der Waals surface area contributed by atoms with Crippen LogP contribution in [0.25, 0.3) is 0 Å². The molecule has 0 bridgehead atoms. The molecule has 0 fully saturated rings. The molecular formula is C12H26N2O2S. The SMILES string of the molecule is CSCC[C@@H](N)C(=O)NC(CCO)C(C)(C)C. The van der Waals surface area contributed by atoms with Crippen molar-refractivity contribution in [1.82, 2.24) is 5.32 Å². The van der Waals surface area contributed by atoms with E-state index < -0.39 is 6.04 Å². The minimum Gasteiger partial charge on any atom is -0.396 e. The van der Waals surface area contributed by atoms with Gasteiger partial charge in [0.2, 0.25) is 5.91 Å². The van der Waals surface area contributed by atoms with Gasteiger partial charge in [0.1, 0.15) is 0 Å². The van der Waals surface area contributed by atoms with Crippen molar-refractivity contribution in [2.75, 3.05) is 18.6 Å². The molecule has 1 unspecified atom stereocenters. The van der Waals surface area contributed by atoms with Gasteiger partial charge in [0.05, 0.1) is 6.04 Å². The van der Waals surface area contributed by atoms with Gasteiger partial charge < -0.3 is 16.2 Å². The maximum absolute atomic E-state index is 11.9. The summed E-state index contributed by atoms with van der Waals surface area (Å²) in [7, 11) is 0. The molecule has 0 aromatic heterocycles. The summed E-state index contributed by atoms with van der Waals surface area (Å²) in [4.78, 5) is 11.9. The smallest absolute Gasteiger partial charge is 0.237 e. The predicted molar refractivity (Wildman–Crippen MR) is 74.1 cm³/mol. The summed E-state index contributed by atoms with van der Waals surface area (Å²) in [6.45, 7) is 6.20. The minimum atomic E-state index is -0.453. The van der Waals surface area contributed by atoms with Crippen LogP contribution in [0, 0.1) is 5.41 Å². The number of aliphatic hydroxyl groups excluding tert-OH is 1. The Kier molecular flexibility index (Phi) is 7.83. The first-order chi connectivity index (χ1) is 7.82. The van der Waals surface area contributed by atoms with Crippen molar-refractivity contribution in [3.05, 3.63) is 0 Å². The number of rotatable bonds is 7. The molecule has 0 rings (SSSR count). The van der Waals surface area contributed by atoms with E-state index in [0.717, 1.165) is 5.75 Å². The van der Waals surface area contributed by atoms with Crippen molar-refractivity contribution in [2.24, 2.45) is 11.1 Å². The third-order valence-corrected chi connectivity index (χ3v) is 3.39. The van der Waals surface area contributed by atoms with Crippen LogP contribution in [0.3, 0.4) is 0 Å². The molecule has 0 aromatic carbocycles. The van der Waals surface area contributed by atoms with E-state index in [2.05, 4.69) is 5.32 Å². The number of nitrogens with one attached hydrogen (secondary N) is 1. The highest BCUT2D eigenvalue weighted by Crippen LogP contribution is 2.21. The predicted octanol–water partition coefficient (Wildman–Crippen LogP) is 0.980. The molecule has 17 heavy (non-hydrogen) atoms. The lowest BCUT2D eigenvalue weighted by Gasteiger charge is -2.32. The molecule has 0 aliphatic rings. The van der Waals surface area contributed by atoms with Crippen molar-refractivity contribution in [3.63, 3.8) is 0 Å². The number of aliphatic hydroxyl groups is 1. The third-order valence-electron chi connectivity index (χ3n) is 2.75. The Hall–Kier alpha value is -0.260. The number of thioether (sulfide) groups is 1. The van der Waals surface area contributed by atoms with Gasteiger partial charge in [0.25, 0.3) is 0 Å². The van der Waals surface area contributed by atoms with Crippen LogP contribution in [0.4, 0.5) is 0 Å². The van der Waals surface area contributed by atoms with E-state index in [-0.39, 0.29) is 24.0 Å². The summed E-state index contributed by atoms with van der Waals surface area (Å²) in [5.41, 5.74) is 5.73. The van der Waals surface area contributed by atoms with Gasteiger partial charge in [-0.3, -0.25) is 4.79 Å². The molecule has 4 nitrogen and oxygen atoms in total. The Labute approximate surface area is 109 Å². The van der Waals surface area contributed by atoms with Crippen LogP contribution < -0.4 is 11.1 Å². The first-order valence-corrected chi connectivity index (χ1v) is 7.38. The van der Waals surface area contributed by atoms with Gasteiger partial charge in [-0.05, 0) is 30.3 Å². The van der Waals surface area contributed by atoms with Crippen molar-refractivity contribution >= 4 is 17.7 Å². The Morgan fingerprint density at radius 2 is 2.00 bits per heavy atom. The standard InChI is InChI=1S/C12H26N2O2S/c1-12(2,3)10(5-7-15)14-11(16)9(13)6-8-17-4/h9-10,15H,5-8,13H2,1-4H3,(H,14,16)/t9-,10?/m1/s1. The Bertz CT molecular complexity index is 229. The molecule has 0 aliphatic carbocycles. The molecule has 5 heteroatoms. The maximum atomic E-state index is 11.9. The zero-order valence-corrected chi connectivity index (χ0v) is 12.1. The molecule has 4 N–H and O–H groups in total. The number of hydrogen-bond donors (Lipinski definition) is 3. The number of amides is 1. The number of carbonyl (C=O) groups excluding carboxylic acids is 1. The zero-order valence-electron chi connectivity index (χ0n) is 11.3. The van der Waals surface area contributed by atoms with E-state index in [4.69, 9.17) is 10.8 Å². The molecule has 0 spiro atoms. The lowest BCUT2D eigenvalue weighted by atomic mass is 9.84. The van der Waals surface area contributed by atoms with Crippen LogP contribution in [-0.4, -0.2) is 41.7 Å². The monoisotopic (exact) mass is 262 g/mol. The molecule has 0 radical (unpaired) electrons. The van der Waals surface area contributed by atoms with Gasteiger partial charge in [-0.1, -0.05) is 20.8 Å². The first kappa shape index (κ1) is 16.7. The summed E-state index contributed by atoms with van der Waals surface area (Å²) in [5, 5.41) is 11.9. The molecule has 0 aliphatic heterocycles. The Morgan fingerprint density at radius 3 is 2.41 bits per heavy atom. The van der Waals surface area contributed by atoms with E-state index in [1.54, 1.807) is 11.8 Å². The lowest BCUT2D eigenvalue weighted by molar-refractivity contribution is -0.124. The molecule has 102 valence electrons. The largest absolute Gasteiger partial charge is 0.396 e. The molecular weight excluding hydrogens is 236 g/mol. The topological polar surface area (TPSA) is 75.4 Å². The van der Waals surface area contributed by atoms with Crippen LogP contribution in [0.15, 0.2) is 0 Å². The number of hydrogen-bond acceptors (Lipinski definition) is 4. The van der Waals surface area contributed by atoms with Crippen molar-refractivity contribution in [3.8, 4) is 0 Å². The second kappa shape index (κ2) is 7.95. The number of nitrogens with two attached hydrogens (primary N) is 1. The van der Waals surface area contributed by atoms with Crippen LogP contribution in [0.1, 0.15) is 33.6 Å². The fourth-order valence-corrected chi connectivity index (χ4v) is 2.00. The van der Waals surface area contributed by atoms with Crippen LogP contribution >= 0.6 is 11.8 Å². The summed E-state index contributed by atoms with van der Waals surface area (Å²) >= 11 is 1.68. The zero-order chi connectivity index (χ0) is 13.5. The van der Waals surface area contributed by atoms with Crippen LogP contribution in [0.5, 0.6) is 0 Å². The fraction of sp³-hybridized carbons (Fsp3) is 0.917. The van der Waals surface area contributed by atoms with Crippen LogP contribution in [0.2, 0.25) is 0 Å². The van der Waals surface area contributed by atoms with Gasteiger partial charge in [0.15, 0.2) is 0 Å². The highest BCUT2D eigenvalue weighted by molar-refractivity contribution is 7.98. The lowest BCUT2D eigenvalue weighted by Crippen LogP contribution is -2.50. The van der Waals surface area contributed by atoms with Gasteiger partial charge in [-0.15, -0.1) is 0 Å². The first-order valence-electron chi connectivity index (χ1n) is 5.98. The van der Waals surface area contributed by atoms with Gasteiger partial charge >= 0.3 is 0 Å². The molecule has 0 saturated heterocycles. The molecule has 1 amide bonds. The molecule has 0 aromatic rings. The molecule has 0 heterocycles. The quantitative estimate of drug-likeness (QED) is 0.639. The summed E-state index contributed by atoms with van der Waals surface area (Å²) < 4.78 is 0. The van der Waals surface area contributed by atoms with E-state index >= 15 is 0 Å². The third kappa shape index (κ3) is 6.91. The summed E-state index contributed by atoms with van der Waals surface area (Å²) in [5.74, 6) is 0.766. The highest BCUT2D eigenvalue weighted by Gasteiger charge is 2.27. The van der Waals surface area contributed by atoms with Crippen LogP contribution in [-0.2, 0) is 4.79 Å². The fourth-order valence-electron chi connectivity index (χ4n) is 1.51. The normalized spacial score (nSPS) is 15.4. The van der Waals surface area contributed by atoms with Gasteiger partial charge in [-0.2, -0.15) is 11.8 Å². The maximum Gasteiger partial charge on any atom is 0.237 e. The highest BCUT2D eigenvalue weighted by atomic mass is 32.2. The van der Waals surface area contributed by atoms with E-state index in [0.29, 0.717) is 12.8 Å². The summed E-state index contributed by atoms with van der Waals surface area (Å²) in [6.07, 6.45) is 3.24. The van der Waals surface area contributed by atoms with E-state index in [1.807, 2.05) is 27.0 Å². The van der Waals surface area contributed by atoms with E-state index in [9.17, 15) is 4.79 Å². The number of carbonyl (C=O) groups is 1. The average molecular weight is 262 g/mol. The molecule has 0 saturated carbocycles. The second-order valence-electron chi connectivity index (χ2n) is 5.33. The van der Waals surface area contributed by atoms with Crippen molar-refractivity contribution in [2.45, 2.75) is 45.7 Å². The second-order valence-corrected chi connectivity index (χ2v) is 6.31. The minimum absolute atomic E-state index is 0.0414. The summed E-state index contributed by atoms with van der Waals surface area (Å²) in [6, 6.07) is -0.494. The van der Waals surface area contributed by atoms with Crippen molar-refractivity contribution < 1.29 is 9.90 Å².